The predicted octanol–water partition coefficient (Wildman–Crippen LogP) is 1.84. The Morgan fingerprint density at radius 2 is 2.33 bits per heavy atom. The Morgan fingerprint density at radius 3 is 3.07 bits per heavy atom. The van der Waals surface area contributed by atoms with Crippen LogP contribution in [-0.4, -0.2) is 29.8 Å². The van der Waals surface area contributed by atoms with Crippen molar-refractivity contribution in [2.24, 2.45) is 0 Å². The fraction of sp³-hybridized carbons (Fsp3) is 0.727. The lowest BCUT2D eigenvalue weighted by Gasteiger charge is -2.23. The van der Waals surface area contributed by atoms with Crippen molar-refractivity contribution < 1.29 is 9.26 Å². The summed E-state index contributed by atoms with van der Waals surface area (Å²) in [5.41, 5.74) is 2.22. The number of aromatic nitrogens is 1. The molecule has 0 fully saturated rings. The fourth-order valence-electron chi connectivity index (χ4n) is 1.82. The molecule has 0 amide bonds. The molecule has 4 heteroatoms. The molecule has 0 aromatic carbocycles. The lowest BCUT2D eigenvalue weighted by Crippen LogP contribution is -2.30. The van der Waals surface area contributed by atoms with Crippen LogP contribution in [0.15, 0.2) is 4.52 Å². The summed E-state index contributed by atoms with van der Waals surface area (Å²) >= 11 is 0. The molecule has 0 saturated carbocycles. The molecule has 1 aliphatic heterocycles. The van der Waals surface area contributed by atoms with Crippen molar-refractivity contribution >= 4 is 0 Å². The monoisotopic (exact) mass is 210 g/mol. The Labute approximate surface area is 90.2 Å². The number of rotatable bonds is 4. The van der Waals surface area contributed by atoms with Gasteiger partial charge in [-0.1, -0.05) is 19.0 Å². The summed E-state index contributed by atoms with van der Waals surface area (Å²) in [5, 5.41) is 4.05. The molecule has 0 spiro atoms. The van der Waals surface area contributed by atoms with Crippen LogP contribution in [0.1, 0.15) is 31.5 Å². The van der Waals surface area contributed by atoms with E-state index in [2.05, 4.69) is 23.9 Å². The van der Waals surface area contributed by atoms with E-state index in [1.807, 2.05) is 0 Å². The summed E-state index contributed by atoms with van der Waals surface area (Å²) in [6.45, 7) is 8.01. The summed E-state index contributed by atoms with van der Waals surface area (Å²) < 4.78 is 10.7. The molecule has 0 radical (unpaired) electrons. The van der Waals surface area contributed by atoms with Crippen LogP contribution >= 0.6 is 0 Å². The van der Waals surface area contributed by atoms with Crippen molar-refractivity contribution in [3.8, 4) is 5.95 Å². The summed E-state index contributed by atoms with van der Waals surface area (Å²) in [6, 6.07) is 0. The average molecular weight is 210 g/mol. The van der Waals surface area contributed by atoms with Crippen molar-refractivity contribution in [3.63, 3.8) is 0 Å². The quantitative estimate of drug-likeness (QED) is 0.760. The number of hydrogen-bond donors (Lipinski definition) is 0. The molecular weight excluding hydrogens is 192 g/mol. The first-order chi connectivity index (χ1) is 7.35. The SMILES string of the molecule is CCCOc1onc2c1CN(CC)CC2. The lowest BCUT2D eigenvalue weighted by atomic mass is 10.1. The van der Waals surface area contributed by atoms with Crippen LogP contribution in [0.4, 0.5) is 0 Å². The van der Waals surface area contributed by atoms with Gasteiger partial charge in [-0.05, 0) is 13.0 Å². The fourth-order valence-corrected chi connectivity index (χ4v) is 1.82. The van der Waals surface area contributed by atoms with Gasteiger partial charge in [0.05, 0.1) is 17.9 Å². The minimum Gasteiger partial charge on any atom is -0.464 e. The third kappa shape index (κ3) is 2.15. The number of ether oxygens (including phenoxy) is 1. The topological polar surface area (TPSA) is 38.5 Å². The van der Waals surface area contributed by atoms with E-state index in [1.165, 1.54) is 0 Å². The molecule has 0 atom stereocenters. The maximum Gasteiger partial charge on any atom is 0.315 e. The van der Waals surface area contributed by atoms with Gasteiger partial charge in [0, 0.05) is 19.5 Å². The van der Waals surface area contributed by atoms with Crippen molar-refractivity contribution in [2.45, 2.75) is 33.2 Å². The van der Waals surface area contributed by atoms with Gasteiger partial charge in [-0.15, -0.1) is 0 Å². The van der Waals surface area contributed by atoms with Crippen LogP contribution in [0.2, 0.25) is 0 Å². The van der Waals surface area contributed by atoms with Crippen molar-refractivity contribution in [1.82, 2.24) is 10.1 Å². The summed E-state index contributed by atoms with van der Waals surface area (Å²) in [5.74, 6) is 0.630. The van der Waals surface area contributed by atoms with E-state index in [4.69, 9.17) is 9.26 Å². The zero-order valence-electron chi connectivity index (χ0n) is 9.45. The van der Waals surface area contributed by atoms with Gasteiger partial charge in [0.25, 0.3) is 0 Å². The highest BCUT2D eigenvalue weighted by molar-refractivity contribution is 5.29. The molecule has 0 N–H and O–H groups in total. The highest BCUT2D eigenvalue weighted by Gasteiger charge is 2.23. The van der Waals surface area contributed by atoms with E-state index in [0.717, 1.165) is 43.7 Å². The molecule has 0 aliphatic carbocycles. The lowest BCUT2D eigenvalue weighted by molar-refractivity contribution is 0.207. The zero-order valence-corrected chi connectivity index (χ0v) is 9.45. The Morgan fingerprint density at radius 1 is 1.47 bits per heavy atom. The summed E-state index contributed by atoms with van der Waals surface area (Å²) in [4.78, 5) is 2.37. The van der Waals surface area contributed by atoms with Gasteiger partial charge in [-0.3, -0.25) is 4.90 Å². The molecule has 1 aromatic rings. The third-order valence-electron chi connectivity index (χ3n) is 2.76. The van der Waals surface area contributed by atoms with E-state index >= 15 is 0 Å². The van der Waals surface area contributed by atoms with Gasteiger partial charge in [0.15, 0.2) is 0 Å². The molecule has 0 saturated heterocycles. The van der Waals surface area contributed by atoms with Gasteiger partial charge in [0.2, 0.25) is 0 Å². The van der Waals surface area contributed by atoms with Crippen LogP contribution in [0, 0.1) is 0 Å². The van der Waals surface area contributed by atoms with Crippen LogP contribution in [0.25, 0.3) is 0 Å². The largest absolute Gasteiger partial charge is 0.464 e. The molecule has 2 rings (SSSR count). The Kier molecular flexibility index (Phi) is 3.26. The van der Waals surface area contributed by atoms with Crippen molar-refractivity contribution in [3.05, 3.63) is 11.3 Å². The second-order valence-corrected chi connectivity index (χ2v) is 3.86. The molecule has 4 nitrogen and oxygen atoms in total. The van der Waals surface area contributed by atoms with Crippen LogP contribution in [0.5, 0.6) is 5.95 Å². The van der Waals surface area contributed by atoms with Gasteiger partial charge in [-0.2, -0.15) is 0 Å². The molecular formula is C11H18N2O2. The van der Waals surface area contributed by atoms with Gasteiger partial charge in [-0.25, -0.2) is 0 Å². The highest BCUT2D eigenvalue weighted by atomic mass is 16.6. The first-order valence-corrected chi connectivity index (χ1v) is 5.67. The molecule has 0 bridgehead atoms. The predicted molar refractivity (Wildman–Crippen MR) is 56.9 cm³/mol. The van der Waals surface area contributed by atoms with Gasteiger partial charge in [0.1, 0.15) is 0 Å². The molecule has 1 aromatic heterocycles. The van der Waals surface area contributed by atoms with E-state index in [1.54, 1.807) is 0 Å². The number of likely N-dealkylation sites (N-methyl/N-ethyl adjacent to an activating group) is 1. The smallest absolute Gasteiger partial charge is 0.315 e. The maximum absolute atomic E-state index is 5.53. The van der Waals surface area contributed by atoms with E-state index < -0.39 is 0 Å². The number of fused-ring (bicyclic) bond motifs is 1. The standard InChI is InChI=1S/C11H18N2O2/c1-3-7-14-11-9-8-13(4-2)6-5-10(9)12-15-11/h3-8H2,1-2H3. The second-order valence-electron chi connectivity index (χ2n) is 3.86. The first kappa shape index (κ1) is 10.5. The van der Waals surface area contributed by atoms with Crippen molar-refractivity contribution in [1.29, 1.82) is 0 Å². The van der Waals surface area contributed by atoms with Crippen LogP contribution in [-0.2, 0) is 13.0 Å². The maximum atomic E-state index is 5.53. The highest BCUT2D eigenvalue weighted by Crippen LogP contribution is 2.27. The van der Waals surface area contributed by atoms with Crippen LogP contribution < -0.4 is 4.74 Å². The van der Waals surface area contributed by atoms with Crippen molar-refractivity contribution in [2.75, 3.05) is 19.7 Å². The van der Waals surface area contributed by atoms with Gasteiger partial charge >= 0.3 is 5.95 Å². The molecule has 15 heavy (non-hydrogen) atoms. The molecule has 84 valence electrons. The number of hydrogen-bond acceptors (Lipinski definition) is 4. The molecule has 0 unspecified atom stereocenters. The first-order valence-electron chi connectivity index (χ1n) is 5.67. The summed E-state index contributed by atoms with van der Waals surface area (Å²) in [7, 11) is 0. The average Bonchev–Trinajstić information content (AvgIpc) is 2.68. The normalized spacial score (nSPS) is 16.4. The summed E-state index contributed by atoms with van der Waals surface area (Å²) in [6.07, 6.45) is 1.97. The Balaban J connectivity index is 2.10. The van der Waals surface area contributed by atoms with Crippen LogP contribution in [0.3, 0.4) is 0 Å². The van der Waals surface area contributed by atoms with E-state index in [0.29, 0.717) is 12.6 Å². The van der Waals surface area contributed by atoms with E-state index in [-0.39, 0.29) is 0 Å². The Hall–Kier alpha value is -1.03. The Bertz CT molecular complexity index is 322. The molecule has 1 aliphatic rings. The van der Waals surface area contributed by atoms with E-state index in [9.17, 15) is 0 Å². The zero-order chi connectivity index (χ0) is 10.7. The second kappa shape index (κ2) is 4.66. The minimum absolute atomic E-state index is 0.630. The molecule has 2 heterocycles. The third-order valence-corrected chi connectivity index (χ3v) is 2.76. The van der Waals surface area contributed by atoms with Gasteiger partial charge < -0.3 is 9.26 Å². The minimum atomic E-state index is 0.630. The number of nitrogens with zero attached hydrogens (tertiary/aromatic N) is 2.